The van der Waals surface area contributed by atoms with Crippen LogP contribution in [-0.2, 0) is 11.2 Å². The summed E-state index contributed by atoms with van der Waals surface area (Å²) in [5.41, 5.74) is 0.968. The molecule has 0 atom stereocenters. The van der Waals surface area contributed by atoms with Crippen LogP contribution in [0.3, 0.4) is 0 Å². The van der Waals surface area contributed by atoms with Gasteiger partial charge in [-0.25, -0.2) is 4.98 Å². The lowest BCUT2D eigenvalue weighted by atomic mass is 10.1. The van der Waals surface area contributed by atoms with Gasteiger partial charge in [0.1, 0.15) is 5.75 Å². The first-order chi connectivity index (χ1) is 9.70. The molecule has 1 aromatic carbocycles. The number of carbonyl (C=O) groups excluding carboxylic acids is 1. The molecule has 2 aromatic rings. The highest BCUT2D eigenvalue weighted by Gasteiger charge is 2.09. The maximum atomic E-state index is 11.8. The number of hydrogen-bond acceptors (Lipinski definition) is 4. The molecule has 0 aliphatic heterocycles. The molecule has 2 N–H and O–H groups in total. The van der Waals surface area contributed by atoms with Crippen LogP contribution < -0.4 is 10.1 Å². The van der Waals surface area contributed by atoms with Crippen LogP contribution in [-0.4, -0.2) is 23.1 Å². The van der Waals surface area contributed by atoms with Crippen molar-refractivity contribution in [3.8, 4) is 11.5 Å². The molecule has 5 nitrogen and oxygen atoms in total. The van der Waals surface area contributed by atoms with E-state index in [1.807, 2.05) is 24.3 Å². The number of methoxy groups -OCH3 is 1. The minimum absolute atomic E-state index is 0.0434. The molecule has 0 aliphatic carbocycles. The van der Waals surface area contributed by atoms with Crippen molar-refractivity contribution in [1.82, 2.24) is 4.98 Å². The van der Waals surface area contributed by atoms with Crippen molar-refractivity contribution in [2.75, 3.05) is 12.4 Å². The standard InChI is InChI=1S/C15H16N2O3/c1-20-13-7-3-2-5-11(13)8-9-14(19)17-15-12(18)6-4-10-16-15/h2-7,10,18H,8-9H2,1H3,(H,16,17,19). The fourth-order valence-corrected chi connectivity index (χ4v) is 1.85. The van der Waals surface area contributed by atoms with Crippen molar-refractivity contribution in [3.05, 3.63) is 48.2 Å². The summed E-state index contributed by atoms with van der Waals surface area (Å²) in [6.45, 7) is 0. The number of pyridine rings is 1. The molecule has 104 valence electrons. The molecular formula is C15H16N2O3. The maximum Gasteiger partial charge on any atom is 0.225 e. The van der Waals surface area contributed by atoms with Crippen LogP contribution in [0.25, 0.3) is 0 Å². The summed E-state index contributed by atoms with van der Waals surface area (Å²) in [4.78, 5) is 15.7. The highest BCUT2D eigenvalue weighted by Crippen LogP contribution is 2.21. The average molecular weight is 272 g/mol. The third kappa shape index (κ3) is 3.47. The number of ether oxygens (including phenoxy) is 1. The number of carbonyl (C=O) groups is 1. The zero-order chi connectivity index (χ0) is 14.4. The summed E-state index contributed by atoms with van der Waals surface area (Å²) in [7, 11) is 1.60. The first kappa shape index (κ1) is 13.9. The molecule has 5 heteroatoms. The summed E-state index contributed by atoms with van der Waals surface area (Å²) >= 11 is 0. The van der Waals surface area contributed by atoms with Crippen LogP contribution in [0.4, 0.5) is 5.82 Å². The Kier molecular flexibility index (Phi) is 4.55. The Hall–Kier alpha value is -2.56. The maximum absolute atomic E-state index is 11.8. The lowest BCUT2D eigenvalue weighted by molar-refractivity contribution is -0.116. The number of nitrogens with one attached hydrogen (secondary N) is 1. The van der Waals surface area contributed by atoms with Gasteiger partial charge in [0.25, 0.3) is 0 Å². The van der Waals surface area contributed by atoms with Gasteiger partial charge in [-0.1, -0.05) is 18.2 Å². The Bertz CT molecular complexity index is 599. The van der Waals surface area contributed by atoms with E-state index in [1.54, 1.807) is 13.2 Å². The van der Waals surface area contributed by atoms with Crippen molar-refractivity contribution >= 4 is 11.7 Å². The quantitative estimate of drug-likeness (QED) is 0.876. The first-order valence-corrected chi connectivity index (χ1v) is 6.26. The second-order valence-electron chi connectivity index (χ2n) is 4.23. The van der Waals surface area contributed by atoms with Gasteiger partial charge in [-0.15, -0.1) is 0 Å². The van der Waals surface area contributed by atoms with Crippen LogP contribution in [0, 0.1) is 0 Å². The van der Waals surface area contributed by atoms with Gasteiger partial charge in [0.05, 0.1) is 7.11 Å². The zero-order valence-electron chi connectivity index (χ0n) is 11.2. The number of para-hydroxylation sites is 1. The van der Waals surface area contributed by atoms with Crippen LogP contribution in [0.1, 0.15) is 12.0 Å². The zero-order valence-corrected chi connectivity index (χ0v) is 11.2. The average Bonchev–Trinajstić information content (AvgIpc) is 2.48. The Balaban J connectivity index is 1.94. The van der Waals surface area contributed by atoms with Gasteiger partial charge in [-0.05, 0) is 30.2 Å². The number of rotatable bonds is 5. The van der Waals surface area contributed by atoms with E-state index in [0.29, 0.717) is 6.42 Å². The number of nitrogens with zero attached hydrogens (tertiary/aromatic N) is 1. The Morgan fingerprint density at radius 2 is 2.10 bits per heavy atom. The van der Waals surface area contributed by atoms with Gasteiger partial charge in [0.2, 0.25) is 5.91 Å². The van der Waals surface area contributed by atoms with Gasteiger partial charge in [-0.3, -0.25) is 4.79 Å². The number of aryl methyl sites for hydroxylation is 1. The van der Waals surface area contributed by atoms with Gasteiger partial charge >= 0.3 is 0 Å². The van der Waals surface area contributed by atoms with Crippen LogP contribution in [0.5, 0.6) is 11.5 Å². The fourth-order valence-electron chi connectivity index (χ4n) is 1.85. The smallest absolute Gasteiger partial charge is 0.225 e. The number of aromatic hydroxyl groups is 1. The number of benzene rings is 1. The molecule has 2 rings (SSSR count). The van der Waals surface area contributed by atoms with E-state index >= 15 is 0 Å². The van der Waals surface area contributed by atoms with Gasteiger partial charge in [0.15, 0.2) is 11.6 Å². The normalized spacial score (nSPS) is 10.1. The van der Waals surface area contributed by atoms with E-state index < -0.39 is 0 Å². The summed E-state index contributed by atoms with van der Waals surface area (Å²) in [5.74, 6) is 0.696. The number of hydrogen-bond donors (Lipinski definition) is 2. The van der Waals surface area contributed by atoms with Crippen molar-refractivity contribution in [2.24, 2.45) is 0 Å². The molecule has 1 aromatic heterocycles. The van der Waals surface area contributed by atoms with Crippen LogP contribution in [0.2, 0.25) is 0 Å². The van der Waals surface area contributed by atoms with Crippen molar-refractivity contribution in [3.63, 3.8) is 0 Å². The van der Waals surface area contributed by atoms with Crippen LogP contribution in [0.15, 0.2) is 42.6 Å². The third-order valence-corrected chi connectivity index (χ3v) is 2.86. The molecule has 0 saturated heterocycles. The number of anilines is 1. The molecule has 20 heavy (non-hydrogen) atoms. The van der Waals surface area contributed by atoms with Gasteiger partial charge in [0, 0.05) is 12.6 Å². The van der Waals surface area contributed by atoms with E-state index in [4.69, 9.17) is 4.74 Å². The number of amides is 1. The highest BCUT2D eigenvalue weighted by atomic mass is 16.5. The molecule has 0 fully saturated rings. The lowest BCUT2D eigenvalue weighted by Gasteiger charge is -2.08. The molecule has 1 amide bonds. The predicted octanol–water partition coefficient (Wildman–Crippen LogP) is 2.37. The molecule has 0 spiro atoms. The van der Waals surface area contributed by atoms with Crippen molar-refractivity contribution in [1.29, 1.82) is 0 Å². The van der Waals surface area contributed by atoms with Crippen molar-refractivity contribution in [2.45, 2.75) is 12.8 Å². The summed E-state index contributed by atoms with van der Waals surface area (Å²) in [5, 5.41) is 12.1. The molecule has 0 saturated carbocycles. The van der Waals surface area contributed by atoms with E-state index in [1.165, 1.54) is 12.3 Å². The largest absolute Gasteiger partial charge is 0.504 e. The second-order valence-corrected chi connectivity index (χ2v) is 4.23. The van der Waals surface area contributed by atoms with Crippen molar-refractivity contribution < 1.29 is 14.6 Å². The minimum atomic E-state index is -0.204. The topological polar surface area (TPSA) is 71.5 Å². The molecular weight excluding hydrogens is 256 g/mol. The van der Waals surface area contributed by atoms with E-state index in [-0.39, 0.29) is 23.9 Å². The predicted molar refractivity (Wildman–Crippen MR) is 75.8 cm³/mol. The molecule has 0 bridgehead atoms. The van der Waals surface area contributed by atoms with E-state index in [9.17, 15) is 9.90 Å². The Morgan fingerprint density at radius 3 is 2.85 bits per heavy atom. The third-order valence-electron chi connectivity index (χ3n) is 2.86. The molecule has 1 heterocycles. The van der Waals surface area contributed by atoms with E-state index in [2.05, 4.69) is 10.3 Å². The van der Waals surface area contributed by atoms with Crippen LogP contribution >= 0.6 is 0 Å². The monoisotopic (exact) mass is 272 g/mol. The number of aromatic nitrogens is 1. The Morgan fingerprint density at radius 1 is 1.30 bits per heavy atom. The summed E-state index contributed by atoms with van der Waals surface area (Å²) < 4.78 is 5.23. The fraction of sp³-hybridized carbons (Fsp3) is 0.200. The highest BCUT2D eigenvalue weighted by molar-refractivity contribution is 5.91. The molecule has 0 unspecified atom stereocenters. The van der Waals surface area contributed by atoms with Gasteiger partial charge in [-0.2, -0.15) is 0 Å². The molecule has 0 aliphatic rings. The minimum Gasteiger partial charge on any atom is -0.504 e. The first-order valence-electron chi connectivity index (χ1n) is 6.26. The second kappa shape index (κ2) is 6.56. The molecule has 0 radical (unpaired) electrons. The summed E-state index contributed by atoms with van der Waals surface area (Å²) in [6, 6.07) is 10.6. The summed E-state index contributed by atoms with van der Waals surface area (Å²) in [6.07, 6.45) is 2.36. The van der Waals surface area contributed by atoms with E-state index in [0.717, 1.165) is 11.3 Å². The van der Waals surface area contributed by atoms with Gasteiger partial charge < -0.3 is 15.2 Å². The lowest BCUT2D eigenvalue weighted by Crippen LogP contribution is -2.13. The SMILES string of the molecule is COc1ccccc1CCC(=O)Nc1ncccc1O. The Labute approximate surface area is 117 Å².